The maximum Gasteiger partial charge on any atom is 0.188 e. The molecule has 0 atom stereocenters. The van der Waals surface area contributed by atoms with Crippen LogP contribution in [0.2, 0.25) is 0 Å². The molecule has 0 spiro atoms. The van der Waals surface area contributed by atoms with Crippen molar-refractivity contribution in [1.82, 2.24) is 18.7 Å². The molecule has 0 radical (unpaired) electrons. The van der Waals surface area contributed by atoms with Crippen LogP contribution in [0.5, 0.6) is 11.5 Å². The van der Waals surface area contributed by atoms with Gasteiger partial charge in [0.05, 0.1) is 0 Å². The molecule has 0 bridgehead atoms. The Labute approximate surface area is 298 Å². The van der Waals surface area contributed by atoms with Gasteiger partial charge in [-0.2, -0.15) is 12.1 Å². The second-order valence-corrected chi connectivity index (χ2v) is 11.8. The van der Waals surface area contributed by atoms with Gasteiger partial charge in [0, 0.05) is 69.1 Å². The summed E-state index contributed by atoms with van der Waals surface area (Å²) < 4.78 is 12.9. The minimum absolute atomic E-state index is 0. The second kappa shape index (κ2) is 12.7. The van der Waals surface area contributed by atoms with Crippen molar-refractivity contribution < 1.29 is 25.8 Å². The zero-order valence-electron chi connectivity index (χ0n) is 26.5. The molecule has 0 saturated heterocycles. The van der Waals surface area contributed by atoms with Gasteiger partial charge < -0.3 is 9.30 Å². The molecule has 0 saturated carbocycles. The van der Waals surface area contributed by atoms with Crippen LogP contribution < -0.4 is 4.74 Å². The van der Waals surface area contributed by atoms with Crippen LogP contribution in [0.15, 0.2) is 158 Å². The Morgan fingerprint density at radius 3 is 2.12 bits per heavy atom. The zero-order valence-corrected chi connectivity index (χ0v) is 28.8. The molecule has 0 aliphatic carbocycles. The molecule has 5 nitrogen and oxygen atoms in total. The standard InChI is InChI=1S/C43H29N4O.Pt/c1-45-29-46(41-21-10-9-20-40(41)45)32-14-11-15-33(27-32)48-34-22-23-38-37-18-7-8-19-39(37)47(42(38)28-34)43-26-31(24-25-44-43)36-17-6-5-16-35(36)30-12-3-2-4-13-30;/h2-26,29H,1H3;/q-1;. The van der Waals surface area contributed by atoms with Gasteiger partial charge in [-0.25, -0.2) is 14.1 Å². The second-order valence-electron chi connectivity index (χ2n) is 11.8. The summed E-state index contributed by atoms with van der Waals surface area (Å²) in [5.74, 6) is 2.04. The van der Waals surface area contributed by atoms with E-state index in [1.54, 1.807) is 0 Å². The molecule has 3 heterocycles. The summed E-state index contributed by atoms with van der Waals surface area (Å²) in [4.78, 5) is 4.89. The van der Waals surface area contributed by atoms with Crippen molar-refractivity contribution in [3.8, 4) is 45.3 Å². The number of aryl methyl sites for hydroxylation is 1. The molecule has 0 aliphatic rings. The van der Waals surface area contributed by atoms with E-state index in [-0.39, 0.29) is 21.1 Å². The van der Waals surface area contributed by atoms with Crippen LogP contribution in [-0.2, 0) is 28.1 Å². The molecule has 0 N–H and O–H groups in total. The number of aromatic nitrogens is 4. The van der Waals surface area contributed by atoms with Crippen LogP contribution in [0.1, 0.15) is 0 Å². The van der Waals surface area contributed by atoms with E-state index in [9.17, 15) is 0 Å². The minimum Gasteiger partial charge on any atom is -0.508 e. The van der Waals surface area contributed by atoms with E-state index in [0.29, 0.717) is 11.5 Å². The molecule has 49 heavy (non-hydrogen) atoms. The SMILES string of the molecule is Cn1[cH+]n(-c2[c-]c(Oc3[c-]c4c(cc3)c3ccccc3n4-c3cc(-c4ccccc4-c4ccccc4)ccn3)ccc2)c2ccccc21.[Pt]. The molecule has 0 unspecified atom stereocenters. The molecular weight excluding hydrogens is 784 g/mol. The molecule has 238 valence electrons. The van der Waals surface area contributed by atoms with E-state index >= 15 is 0 Å². The summed E-state index contributed by atoms with van der Waals surface area (Å²) in [6.45, 7) is 0. The van der Waals surface area contributed by atoms with Crippen molar-refractivity contribution in [2.75, 3.05) is 0 Å². The molecule has 6 aromatic carbocycles. The Bertz CT molecular complexity index is 2620. The van der Waals surface area contributed by atoms with Gasteiger partial charge in [0.15, 0.2) is 17.4 Å². The molecule has 0 aliphatic heterocycles. The van der Waals surface area contributed by atoms with Gasteiger partial charge in [0.1, 0.15) is 5.82 Å². The number of pyridine rings is 1. The third-order valence-electron chi connectivity index (χ3n) is 8.90. The topological polar surface area (TPSA) is 36.9 Å². The number of imidazole rings is 1. The van der Waals surface area contributed by atoms with Gasteiger partial charge in [0.2, 0.25) is 0 Å². The number of hydrogen-bond donors (Lipinski definition) is 0. The van der Waals surface area contributed by atoms with Crippen LogP contribution in [0.4, 0.5) is 0 Å². The van der Waals surface area contributed by atoms with E-state index in [4.69, 9.17) is 9.72 Å². The predicted octanol–water partition coefficient (Wildman–Crippen LogP) is 10.5. The average molecular weight is 813 g/mol. The van der Waals surface area contributed by atoms with Crippen LogP contribution in [0.3, 0.4) is 0 Å². The van der Waals surface area contributed by atoms with E-state index in [0.717, 1.165) is 55.5 Å². The van der Waals surface area contributed by atoms with E-state index in [1.165, 1.54) is 11.1 Å². The van der Waals surface area contributed by atoms with Crippen LogP contribution in [-0.4, -0.2) is 18.7 Å². The maximum atomic E-state index is 6.45. The number of benzene rings is 6. The van der Waals surface area contributed by atoms with Crippen molar-refractivity contribution in [2.45, 2.75) is 0 Å². The maximum absolute atomic E-state index is 6.45. The van der Waals surface area contributed by atoms with Crippen molar-refractivity contribution >= 4 is 32.8 Å². The Morgan fingerprint density at radius 2 is 1.29 bits per heavy atom. The first-order valence-corrected chi connectivity index (χ1v) is 15.9. The number of fused-ring (bicyclic) bond motifs is 4. The molecule has 6 heteroatoms. The summed E-state index contributed by atoms with van der Waals surface area (Å²) in [6, 6.07) is 57.1. The van der Waals surface area contributed by atoms with Gasteiger partial charge in [-0.15, -0.1) is 29.7 Å². The van der Waals surface area contributed by atoms with E-state index < -0.39 is 0 Å². The zero-order chi connectivity index (χ0) is 32.0. The molecular formula is C43H29N4OPt-. The number of ether oxygens (including phenoxy) is 1. The molecule has 0 fully saturated rings. The first kappa shape index (κ1) is 30.6. The van der Waals surface area contributed by atoms with Crippen LogP contribution in [0.25, 0.3) is 66.6 Å². The predicted molar refractivity (Wildman–Crippen MR) is 194 cm³/mol. The van der Waals surface area contributed by atoms with Gasteiger partial charge in [0.25, 0.3) is 0 Å². The smallest absolute Gasteiger partial charge is 0.188 e. The summed E-state index contributed by atoms with van der Waals surface area (Å²) >= 11 is 0. The fourth-order valence-corrected chi connectivity index (χ4v) is 6.69. The first-order valence-electron chi connectivity index (χ1n) is 15.9. The normalized spacial score (nSPS) is 11.2. The summed E-state index contributed by atoms with van der Waals surface area (Å²) in [5.41, 5.74) is 9.71. The van der Waals surface area contributed by atoms with Gasteiger partial charge in [-0.05, 0) is 58.0 Å². The van der Waals surface area contributed by atoms with Crippen LogP contribution >= 0.6 is 0 Å². The van der Waals surface area contributed by atoms with Crippen molar-refractivity contribution in [3.63, 3.8) is 0 Å². The average Bonchev–Trinajstić information content (AvgIpc) is 3.66. The molecule has 3 aromatic heterocycles. The number of para-hydroxylation sites is 3. The first-order chi connectivity index (χ1) is 23.7. The van der Waals surface area contributed by atoms with Gasteiger partial charge in [-0.1, -0.05) is 84.4 Å². The van der Waals surface area contributed by atoms with Gasteiger partial charge in [-0.3, -0.25) is 0 Å². The Balaban J connectivity index is 0.00000348. The Hall–Kier alpha value is -5.77. The molecule has 9 rings (SSSR count). The quantitative estimate of drug-likeness (QED) is 0.157. The number of nitrogens with zero attached hydrogens (tertiary/aromatic N) is 4. The number of hydrogen-bond acceptors (Lipinski definition) is 2. The van der Waals surface area contributed by atoms with Crippen LogP contribution in [0, 0.1) is 12.1 Å². The molecule has 9 aromatic rings. The number of rotatable bonds is 6. The summed E-state index contributed by atoms with van der Waals surface area (Å²) in [5, 5.41) is 2.21. The Kier molecular flexibility index (Phi) is 7.91. The van der Waals surface area contributed by atoms with Crippen molar-refractivity contribution in [1.29, 1.82) is 0 Å². The fraction of sp³-hybridized carbons (Fsp3) is 0.0233. The minimum atomic E-state index is 0. The van der Waals surface area contributed by atoms with Crippen molar-refractivity contribution in [3.05, 3.63) is 170 Å². The van der Waals surface area contributed by atoms with E-state index in [2.05, 4.69) is 154 Å². The summed E-state index contributed by atoms with van der Waals surface area (Å²) in [7, 11) is 2.05. The van der Waals surface area contributed by atoms with Gasteiger partial charge >= 0.3 is 0 Å². The third kappa shape index (κ3) is 5.43. The Morgan fingerprint density at radius 1 is 0.592 bits per heavy atom. The largest absolute Gasteiger partial charge is 0.508 e. The monoisotopic (exact) mass is 812 g/mol. The molecule has 0 amide bonds. The fourth-order valence-electron chi connectivity index (χ4n) is 6.69. The van der Waals surface area contributed by atoms with Crippen molar-refractivity contribution in [2.24, 2.45) is 7.05 Å². The van der Waals surface area contributed by atoms with E-state index in [1.807, 2.05) is 36.5 Å². The summed E-state index contributed by atoms with van der Waals surface area (Å²) in [6.07, 6.45) is 3.95. The third-order valence-corrected chi connectivity index (χ3v) is 8.90.